The van der Waals surface area contributed by atoms with Gasteiger partial charge in [-0.1, -0.05) is 5.16 Å². The summed E-state index contributed by atoms with van der Waals surface area (Å²) in [5.41, 5.74) is 2.20. The highest BCUT2D eigenvalue weighted by Gasteiger charge is 2.21. The fraction of sp³-hybridized carbons (Fsp3) is 0.562. The molecule has 3 rings (SSSR count). The molecular formula is C16H24N6O. The van der Waals surface area contributed by atoms with Gasteiger partial charge >= 0.3 is 0 Å². The van der Waals surface area contributed by atoms with Crippen LogP contribution < -0.4 is 9.80 Å². The first kappa shape index (κ1) is 15.7. The van der Waals surface area contributed by atoms with Crippen LogP contribution in [-0.2, 0) is 6.54 Å². The van der Waals surface area contributed by atoms with Gasteiger partial charge in [0.25, 0.3) is 0 Å². The van der Waals surface area contributed by atoms with E-state index in [0.717, 1.165) is 55.9 Å². The number of nitrogens with zero attached hydrogens (tertiary/aromatic N) is 6. The molecule has 0 bridgehead atoms. The summed E-state index contributed by atoms with van der Waals surface area (Å²) in [5.74, 6) is 2.67. The van der Waals surface area contributed by atoms with Crippen LogP contribution in [0.15, 0.2) is 16.8 Å². The zero-order valence-corrected chi connectivity index (χ0v) is 14.3. The lowest BCUT2D eigenvalue weighted by Gasteiger charge is -2.34. The molecule has 7 nitrogen and oxygen atoms in total. The first-order valence-corrected chi connectivity index (χ1v) is 7.94. The van der Waals surface area contributed by atoms with Gasteiger partial charge in [-0.15, -0.1) is 0 Å². The zero-order valence-electron chi connectivity index (χ0n) is 14.3. The molecular weight excluding hydrogens is 292 g/mol. The van der Waals surface area contributed by atoms with Crippen molar-refractivity contribution in [1.29, 1.82) is 0 Å². The maximum atomic E-state index is 5.25. The largest absolute Gasteiger partial charge is 0.363 e. The summed E-state index contributed by atoms with van der Waals surface area (Å²) in [6.07, 6.45) is 1.83. The second kappa shape index (κ2) is 6.54. The molecule has 0 aromatic carbocycles. The van der Waals surface area contributed by atoms with Gasteiger partial charge in [0.05, 0.1) is 5.69 Å². The Labute approximate surface area is 136 Å². The normalized spacial score (nSPS) is 15.9. The highest BCUT2D eigenvalue weighted by atomic mass is 16.5. The van der Waals surface area contributed by atoms with E-state index in [1.165, 1.54) is 5.56 Å². The quantitative estimate of drug-likeness (QED) is 0.846. The summed E-state index contributed by atoms with van der Waals surface area (Å²) >= 11 is 0. The number of hydrogen-bond donors (Lipinski definition) is 0. The topological polar surface area (TPSA) is 61.5 Å². The number of aryl methyl sites for hydroxylation is 2. The van der Waals surface area contributed by atoms with Crippen LogP contribution in [0.2, 0.25) is 0 Å². The number of hydrogen-bond acceptors (Lipinski definition) is 7. The highest BCUT2D eigenvalue weighted by Crippen LogP contribution is 2.18. The Bertz CT molecular complexity index is 641. The third-order valence-corrected chi connectivity index (χ3v) is 4.30. The van der Waals surface area contributed by atoms with Gasteiger partial charge in [0, 0.05) is 58.6 Å². The van der Waals surface area contributed by atoms with Crippen molar-refractivity contribution in [2.24, 2.45) is 0 Å². The van der Waals surface area contributed by atoms with E-state index < -0.39 is 0 Å². The molecule has 7 heteroatoms. The lowest BCUT2D eigenvalue weighted by molar-refractivity contribution is 0.247. The van der Waals surface area contributed by atoms with Gasteiger partial charge in [-0.2, -0.15) is 4.98 Å². The van der Waals surface area contributed by atoms with Gasteiger partial charge in [0.15, 0.2) is 0 Å². The molecule has 1 aliphatic heterocycles. The second-order valence-corrected chi connectivity index (χ2v) is 6.18. The van der Waals surface area contributed by atoms with Crippen molar-refractivity contribution in [2.45, 2.75) is 20.4 Å². The monoisotopic (exact) mass is 316 g/mol. The standard InChI is InChI=1S/C16H24N6O/c1-12-14(13(2)23-19-12)11-21-7-9-22(10-8-21)16-17-6-5-15(18-16)20(3)4/h5-6H,7-11H2,1-4H3. The maximum Gasteiger partial charge on any atom is 0.227 e. The van der Waals surface area contributed by atoms with E-state index in [-0.39, 0.29) is 0 Å². The minimum Gasteiger partial charge on any atom is -0.363 e. The van der Waals surface area contributed by atoms with Gasteiger partial charge in [0.2, 0.25) is 5.95 Å². The molecule has 0 amide bonds. The van der Waals surface area contributed by atoms with Crippen LogP contribution in [0.5, 0.6) is 0 Å². The Kier molecular flexibility index (Phi) is 4.47. The Morgan fingerprint density at radius 1 is 1.17 bits per heavy atom. The third-order valence-electron chi connectivity index (χ3n) is 4.30. The van der Waals surface area contributed by atoms with Crippen molar-refractivity contribution < 1.29 is 4.52 Å². The van der Waals surface area contributed by atoms with Crippen molar-refractivity contribution >= 4 is 11.8 Å². The predicted molar refractivity (Wildman–Crippen MR) is 89.8 cm³/mol. The van der Waals surface area contributed by atoms with Crippen molar-refractivity contribution in [1.82, 2.24) is 20.0 Å². The smallest absolute Gasteiger partial charge is 0.227 e. The van der Waals surface area contributed by atoms with E-state index in [2.05, 4.69) is 24.9 Å². The van der Waals surface area contributed by atoms with Gasteiger partial charge in [-0.3, -0.25) is 4.90 Å². The minimum absolute atomic E-state index is 0.813. The SMILES string of the molecule is Cc1noc(C)c1CN1CCN(c2nccc(N(C)C)n2)CC1. The molecule has 0 unspecified atom stereocenters. The van der Waals surface area contributed by atoms with Gasteiger partial charge in [-0.05, 0) is 19.9 Å². The molecule has 23 heavy (non-hydrogen) atoms. The molecule has 3 heterocycles. The molecule has 1 saturated heterocycles. The molecule has 0 radical (unpaired) electrons. The molecule has 1 aliphatic rings. The molecule has 0 atom stereocenters. The lowest BCUT2D eigenvalue weighted by atomic mass is 10.2. The van der Waals surface area contributed by atoms with Crippen molar-refractivity contribution in [3.8, 4) is 0 Å². The number of piperazine rings is 1. The molecule has 2 aromatic rings. The van der Waals surface area contributed by atoms with Crippen molar-refractivity contribution in [3.05, 3.63) is 29.3 Å². The van der Waals surface area contributed by atoms with Crippen LogP contribution in [0.1, 0.15) is 17.0 Å². The number of anilines is 2. The summed E-state index contributed by atoms with van der Waals surface area (Å²) in [4.78, 5) is 15.7. The maximum absolute atomic E-state index is 5.25. The Morgan fingerprint density at radius 3 is 2.52 bits per heavy atom. The first-order chi connectivity index (χ1) is 11.0. The van der Waals surface area contributed by atoms with E-state index in [1.54, 1.807) is 0 Å². The van der Waals surface area contributed by atoms with E-state index in [4.69, 9.17) is 4.52 Å². The summed E-state index contributed by atoms with van der Waals surface area (Å²) in [6.45, 7) is 8.71. The molecule has 0 aliphatic carbocycles. The lowest BCUT2D eigenvalue weighted by Crippen LogP contribution is -2.46. The molecule has 1 fully saturated rings. The van der Waals surface area contributed by atoms with Crippen LogP contribution >= 0.6 is 0 Å². The molecule has 0 N–H and O–H groups in total. The average Bonchev–Trinajstić information content (AvgIpc) is 2.87. The van der Waals surface area contributed by atoms with Gasteiger partial charge < -0.3 is 14.3 Å². The van der Waals surface area contributed by atoms with Gasteiger partial charge in [-0.25, -0.2) is 4.98 Å². The van der Waals surface area contributed by atoms with E-state index in [9.17, 15) is 0 Å². The summed E-state index contributed by atoms with van der Waals surface area (Å²) < 4.78 is 5.25. The highest BCUT2D eigenvalue weighted by molar-refractivity contribution is 5.42. The first-order valence-electron chi connectivity index (χ1n) is 7.94. The van der Waals surface area contributed by atoms with E-state index in [0.29, 0.717) is 0 Å². The van der Waals surface area contributed by atoms with Crippen LogP contribution in [0, 0.1) is 13.8 Å². The number of rotatable bonds is 4. The Balaban J connectivity index is 1.61. The van der Waals surface area contributed by atoms with Crippen LogP contribution in [0.3, 0.4) is 0 Å². The van der Waals surface area contributed by atoms with Gasteiger partial charge in [0.1, 0.15) is 11.6 Å². The van der Waals surface area contributed by atoms with Crippen molar-refractivity contribution in [3.63, 3.8) is 0 Å². The fourth-order valence-electron chi connectivity index (χ4n) is 2.80. The van der Waals surface area contributed by atoms with E-state index in [1.807, 2.05) is 45.1 Å². The average molecular weight is 316 g/mol. The van der Waals surface area contributed by atoms with Crippen LogP contribution in [0.25, 0.3) is 0 Å². The summed E-state index contributed by atoms with van der Waals surface area (Å²) in [5, 5.41) is 4.03. The summed E-state index contributed by atoms with van der Waals surface area (Å²) in [6, 6.07) is 1.93. The molecule has 124 valence electrons. The van der Waals surface area contributed by atoms with Crippen LogP contribution in [-0.4, -0.2) is 60.3 Å². The fourth-order valence-corrected chi connectivity index (χ4v) is 2.80. The Hall–Kier alpha value is -2.15. The minimum atomic E-state index is 0.813. The zero-order chi connectivity index (χ0) is 16.4. The molecule has 0 saturated carbocycles. The van der Waals surface area contributed by atoms with Crippen LogP contribution in [0.4, 0.5) is 11.8 Å². The van der Waals surface area contributed by atoms with Crippen molar-refractivity contribution in [2.75, 3.05) is 50.1 Å². The predicted octanol–water partition coefficient (Wildman–Crippen LogP) is 1.47. The third kappa shape index (κ3) is 3.44. The molecule has 2 aromatic heterocycles. The van der Waals surface area contributed by atoms with E-state index >= 15 is 0 Å². The second-order valence-electron chi connectivity index (χ2n) is 6.18. The summed E-state index contributed by atoms with van der Waals surface area (Å²) in [7, 11) is 3.99. The number of aromatic nitrogens is 3. The molecule has 0 spiro atoms. The Morgan fingerprint density at radius 2 is 1.91 bits per heavy atom.